The van der Waals surface area contributed by atoms with Crippen LogP contribution >= 0.6 is 0 Å². The minimum absolute atomic E-state index is 0.862. The number of benzene rings is 1. The van der Waals surface area contributed by atoms with Gasteiger partial charge < -0.3 is 5.32 Å². The van der Waals surface area contributed by atoms with E-state index in [0.29, 0.717) is 0 Å². The van der Waals surface area contributed by atoms with Crippen molar-refractivity contribution in [2.24, 2.45) is 0 Å². The summed E-state index contributed by atoms with van der Waals surface area (Å²) in [6, 6.07) is 6.44. The number of rotatable bonds is 1. The predicted molar refractivity (Wildman–Crippen MR) is 77.1 cm³/mol. The summed E-state index contributed by atoms with van der Waals surface area (Å²) < 4.78 is 0. The first kappa shape index (κ1) is 12.3. The lowest BCUT2D eigenvalue weighted by Crippen LogP contribution is -2.26. The van der Waals surface area contributed by atoms with Gasteiger partial charge in [0.1, 0.15) is 0 Å². The zero-order valence-corrected chi connectivity index (χ0v) is 11.7. The molecule has 0 atom stereocenters. The summed E-state index contributed by atoms with van der Waals surface area (Å²) in [5.41, 5.74) is 7.30. The van der Waals surface area contributed by atoms with Gasteiger partial charge in [0.05, 0.1) is 5.69 Å². The molecular weight excluding hydrogens is 234 g/mol. The highest BCUT2D eigenvalue weighted by Gasteiger charge is 2.15. The normalized spacial score (nSPS) is 14.3. The smallest absolute Gasteiger partial charge is 0.159 e. The Labute approximate surface area is 114 Å². The van der Waals surface area contributed by atoms with Gasteiger partial charge >= 0.3 is 0 Å². The second-order valence-corrected chi connectivity index (χ2v) is 5.28. The molecule has 0 amide bonds. The molecule has 1 aromatic carbocycles. The van der Waals surface area contributed by atoms with Crippen LogP contribution in [0, 0.1) is 20.8 Å². The van der Waals surface area contributed by atoms with Gasteiger partial charge in [-0.15, -0.1) is 0 Å². The van der Waals surface area contributed by atoms with Crippen molar-refractivity contribution < 1.29 is 0 Å². The van der Waals surface area contributed by atoms with Gasteiger partial charge in [0.2, 0.25) is 0 Å². The molecule has 0 bridgehead atoms. The minimum atomic E-state index is 0.862. The Morgan fingerprint density at radius 1 is 1.05 bits per heavy atom. The molecule has 3 heteroatoms. The molecule has 0 saturated carbocycles. The Morgan fingerprint density at radius 2 is 1.89 bits per heavy atom. The van der Waals surface area contributed by atoms with E-state index in [1.807, 2.05) is 0 Å². The van der Waals surface area contributed by atoms with E-state index in [-0.39, 0.29) is 0 Å². The van der Waals surface area contributed by atoms with Crippen LogP contribution in [0.3, 0.4) is 0 Å². The summed E-state index contributed by atoms with van der Waals surface area (Å²) >= 11 is 0. The van der Waals surface area contributed by atoms with Crippen LogP contribution in [0.5, 0.6) is 0 Å². The van der Waals surface area contributed by atoms with Gasteiger partial charge in [-0.25, -0.2) is 9.97 Å². The van der Waals surface area contributed by atoms with Crippen molar-refractivity contribution in [3.05, 3.63) is 46.3 Å². The quantitative estimate of drug-likeness (QED) is 0.849. The first-order valence-electron chi connectivity index (χ1n) is 6.80. The zero-order valence-electron chi connectivity index (χ0n) is 11.7. The predicted octanol–water partition coefficient (Wildman–Crippen LogP) is 2.71. The van der Waals surface area contributed by atoms with E-state index in [1.54, 1.807) is 0 Å². The van der Waals surface area contributed by atoms with E-state index in [2.05, 4.69) is 49.3 Å². The molecule has 0 saturated heterocycles. The lowest BCUT2D eigenvalue weighted by Gasteiger charge is -2.18. The van der Waals surface area contributed by atoms with Crippen LogP contribution in [0.1, 0.15) is 28.1 Å². The maximum atomic E-state index is 4.76. The first-order valence-corrected chi connectivity index (χ1v) is 6.80. The van der Waals surface area contributed by atoms with Crippen molar-refractivity contribution in [2.45, 2.75) is 33.7 Å². The van der Waals surface area contributed by atoms with Crippen molar-refractivity contribution in [1.29, 1.82) is 0 Å². The van der Waals surface area contributed by atoms with Crippen LogP contribution in [0.25, 0.3) is 11.4 Å². The maximum Gasteiger partial charge on any atom is 0.159 e. The Balaban J connectivity index is 2.10. The van der Waals surface area contributed by atoms with Gasteiger partial charge in [-0.3, -0.25) is 0 Å². The second-order valence-electron chi connectivity index (χ2n) is 5.28. The molecule has 0 spiro atoms. The zero-order chi connectivity index (χ0) is 13.4. The van der Waals surface area contributed by atoms with Crippen molar-refractivity contribution >= 4 is 0 Å². The summed E-state index contributed by atoms with van der Waals surface area (Å²) in [4.78, 5) is 9.44. The van der Waals surface area contributed by atoms with E-state index < -0.39 is 0 Å². The standard InChI is InChI=1S/C16H19N3/c1-10-4-5-13(8-11(10)2)16-18-12(3)14-9-17-7-6-15(14)19-16/h4-5,8,17H,6-7,9H2,1-3H3. The van der Waals surface area contributed by atoms with Crippen molar-refractivity contribution in [3.8, 4) is 11.4 Å². The average molecular weight is 253 g/mol. The summed E-state index contributed by atoms with van der Waals surface area (Å²) in [6.45, 7) is 8.25. The van der Waals surface area contributed by atoms with Crippen molar-refractivity contribution in [2.75, 3.05) is 6.54 Å². The Bertz CT molecular complexity index is 632. The fourth-order valence-electron chi connectivity index (χ4n) is 2.52. The number of aryl methyl sites for hydroxylation is 3. The van der Waals surface area contributed by atoms with E-state index in [1.165, 1.54) is 22.4 Å². The summed E-state index contributed by atoms with van der Waals surface area (Å²) in [6.07, 6.45) is 0.997. The number of aromatic nitrogens is 2. The summed E-state index contributed by atoms with van der Waals surface area (Å²) in [5, 5.41) is 3.38. The van der Waals surface area contributed by atoms with Crippen LogP contribution in [0.4, 0.5) is 0 Å². The molecule has 1 N–H and O–H groups in total. The van der Waals surface area contributed by atoms with Gasteiger partial charge in [0.15, 0.2) is 5.82 Å². The fourth-order valence-corrected chi connectivity index (χ4v) is 2.52. The third-order valence-electron chi connectivity index (χ3n) is 3.91. The maximum absolute atomic E-state index is 4.76. The van der Waals surface area contributed by atoms with Gasteiger partial charge in [-0.1, -0.05) is 12.1 Å². The molecule has 2 aromatic rings. The molecule has 0 aliphatic carbocycles. The third-order valence-corrected chi connectivity index (χ3v) is 3.91. The van der Waals surface area contributed by atoms with Gasteiger partial charge in [0.25, 0.3) is 0 Å². The second kappa shape index (κ2) is 4.74. The Morgan fingerprint density at radius 3 is 2.68 bits per heavy atom. The van der Waals surface area contributed by atoms with Gasteiger partial charge in [0, 0.05) is 36.3 Å². The summed E-state index contributed by atoms with van der Waals surface area (Å²) in [7, 11) is 0. The van der Waals surface area contributed by atoms with Crippen molar-refractivity contribution in [3.63, 3.8) is 0 Å². The number of hydrogen-bond acceptors (Lipinski definition) is 3. The van der Waals surface area contributed by atoms with Crippen LogP contribution in [-0.4, -0.2) is 16.5 Å². The largest absolute Gasteiger partial charge is 0.312 e. The molecule has 0 fully saturated rings. The lowest BCUT2D eigenvalue weighted by atomic mass is 10.0. The first-order chi connectivity index (χ1) is 9.15. The fraction of sp³-hybridized carbons (Fsp3) is 0.375. The molecule has 1 aromatic heterocycles. The molecule has 19 heavy (non-hydrogen) atoms. The molecule has 0 unspecified atom stereocenters. The Kier molecular flexibility index (Phi) is 3.07. The highest BCUT2D eigenvalue weighted by molar-refractivity contribution is 5.58. The molecule has 98 valence electrons. The van der Waals surface area contributed by atoms with E-state index in [4.69, 9.17) is 4.98 Å². The molecule has 1 aliphatic rings. The van der Waals surface area contributed by atoms with Crippen LogP contribution in [-0.2, 0) is 13.0 Å². The molecular formula is C16H19N3. The highest BCUT2D eigenvalue weighted by Crippen LogP contribution is 2.22. The number of hydrogen-bond donors (Lipinski definition) is 1. The number of nitrogens with zero attached hydrogens (tertiary/aromatic N) is 2. The number of nitrogens with one attached hydrogen (secondary N) is 1. The van der Waals surface area contributed by atoms with Crippen LogP contribution in [0.15, 0.2) is 18.2 Å². The van der Waals surface area contributed by atoms with E-state index >= 15 is 0 Å². The monoisotopic (exact) mass is 253 g/mol. The minimum Gasteiger partial charge on any atom is -0.312 e. The SMILES string of the molecule is Cc1ccc(-c2nc(C)c3c(n2)CCNC3)cc1C. The molecule has 3 nitrogen and oxygen atoms in total. The molecule has 0 radical (unpaired) electrons. The van der Waals surface area contributed by atoms with E-state index in [9.17, 15) is 0 Å². The highest BCUT2D eigenvalue weighted by atomic mass is 14.9. The Hall–Kier alpha value is -1.74. The molecule has 2 heterocycles. The average Bonchev–Trinajstić information content (AvgIpc) is 2.42. The molecule has 1 aliphatic heterocycles. The van der Waals surface area contributed by atoms with Crippen molar-refractivity contribution in [1.82, 2.24) is 15.3 Å². The van der Waals surface area contributed by atoms with E-state index in [0.717, 1.165) is 36.6 Å². The molecule has 3 rings (SSSR count). The number of fused-ring (bicyclic) bond motifs is 1. The van der Waals surface area contributed by atoms with Gasteiger partial charge in [-0.05, 0) is 38.0 Å². The summed E-state index contributed by atoms with van der Waals surface area (Å²) in [5.74, 6) is 0.862. The van der Waals surface area contributed by atoms with Crippen LogP contribution in [0.2, 0.25) is 0 Å². The topological polar surface area (TPSA) is 37.8 Å². The van der Waals surface area contributed by atoms with Gasteiger partial charge in [-0.2, -0.15) is 0 Å². The lowest BCUT2D eigenvalue weighted by molar-refractivity contribution is 0.622. The third kappa shape index (κ3) is 2.26. The van der Waals surface area contributed by atoms with Crippen LogP contribution < -0.4 is 5.32 Å².